The molecule has 0 saturated carbocycles. The van der Waals surface area contributed by atoms with Crippen LogP contribution in [0.1, 0.15) is 8.35 Å². The molecule has 14 heavy (non-hydrogen) atoms. The van der Waals surface area contributed by atoms with Crippen LogP contribution in [0.3, 0.4) is 0 Å². The van der Waals surface area contributed by atoms with Crippen molar-refractivity contribution < 1.29 is 60.7 Å². The van der Waals surface area contributed by atoms with Crippen LogP contribution in [0.2, 0.25) is 0 Å². The third-order valence-corrected chi connectivity index (χ3v) is 1.28. The molecule has 0 aromatic rings. The second-order valence-electron chi connectivity index (χ2n) is 2.34. The Bertz CT molecular complexity index is 234. The maximum absolute atomic E-state index is 10.3. The summed E-state index contributed by atoms with van der Waals surface area (Å²) in [4.78, 5) is 30.8. The zero-order chi connectivity index (χ0) is 10.6. The van der Waals surface area contributed by atoms with Crippen LogP contribution in [-0.4, -0.2) is 45.3 Å². The van der Waals surface area contributed by atoms with Crippen LogP contribution in [0.25, 0.3) is 0 Å². The zero-order valence-electron chi connectivity index (χ0n) is 8.72. The second-order valence-corrected chi connectivity index (χ2v) is 2.34. The molecule has 1 atom stereocenters. The fourth-order valence-corrected chi connectivity index (χ4v) is 0.569. The van der Waals surface area contributed by atoms with Gasteiger partial charge in [-0.2, -0.15) is 0 Å². The Morgan fingerprint density at radius 1 is 1.07 bits per heavy atom. The molecule has 0 spiro atoms. The summed E-state index contributed by atoms with van der Waals surface area (Å²) in [6.45, 7) is 1.15. The van der Waals surface area contributed by atoms with E-state index in [1.165, 1.54) is 0 Å². The molecule has 0 bridgehead atoms. The van der Waals surface area contributed by atoms with Crippen LogP contribution in [-0.2, 0) is 14.4 Å². The Kier molecular flexibility index (Phi) is 7.65. The fourth-order valence-electron chi connectivity index (χ4n) is 0.569. The minimum Gasteiger partial charge on any atom is -1.00 e. The fraction of sp³-hybridized carbons (Fsp3) is 0.500. The Hall–Kier alpha value is -0.630. The van der Waals surface area contributed by atoms with Gasteiger partial charge >= 0.3 is 47.5 Å². The van der Waals surface area contributed by atoms with Crippen molar-refractivity contribution in [3.63, 3.8) is 0 Å². The molecule has 0 heterocycles. The quantitative estimate of drug-likeness (QED) is 0.270. The van der Waals surface area contributed by atoms with Crippen molar-refractivity contribution in [3.05, 3.63) is 0 Å². The van der Waals surface area contributed by atoms with Gasteiger partial charge in [-0.25, -0.2) is 9.59 Å². The van der Waals surface area contributed by atoms with Gasteiger partial charge in [0.25, 0.3) is 0 Å². The third kappa shape index (κ3) is 5.18. The van der Waals surface area contributed by atoms with Gasteiger partial charge in [0.05, 0.1) is 0 Å². The van der Waals surface area contributed by atoms with Gasteiger partial charge in [-0.1, -0.05) is 0 Å². The van der Waals surface area contributed by atoms with Crippen molar-refractivity contribution in [3.8, 4) is 0 Å². The van der Waals surface area contributed by atoms with Gasteiger partial charge in [0, 0.05) is 0 Å². The third-order valence-electron chi connectivity index (χ3n) is 1.28. The van der Waals surface area contributed by atoms with E-state index in [-0.39, 0.29) is 31.0 Å². The first-order chi connectivity index (χ1) is 5.86. The standard InChI is InChI=1S/C6H9NO6.Na.H/c1-2(4(8)9)7-3(5(10)11)6(12)13;;/h2-3,7H,1H3,(H,8,9)(H,10,11)(H,12,13);;/q;+1;-1. The average Bonchev–Trinajstić information content (AvgIpc) is 1.97. The van der Waals surface area contributed by atoms with Crippen LogP contribution in [0.15, 0.2) is 0 Å². The molecule has 0 amide bonds. The van der Waals surface area contributed by atoms with E-state index in [0.717, 1.165) is 6.92 Å². The molecule has 0 fully saturated rings. The van der Waals surface area contributed by atoms with Gasteiger partial charge in [-0.3, -0.25) is 10.1 Å². The molecular weight excluding hydrogens is 205 g/mol. The smallest absolute Gasteiger partial charge is 1.00 e. The van der Waals surface area contributed by atoms with Gasteiger partial charge < -0.3 is 16.7 Å². The normalized spacial score (nSPS) is 11.6. The van der Waals surface area contributed by atoms with Crippen LogP contribution < -0.4 is 34.9 Å². The number of aliphatic carboxylic acids is 3. The minimum atomic E-state index is -1.90. The SMILES string of the molecule is CC(NC(C(=O)O)C(=O)O)C(=O)O.[H-].[Na+]. The summed E-state index contributed by atoms with van der Waals surface area (Å²) in [5.74, 6) is -4.56. The summed E-state index contributed by atoms with van der Waals surface area (Å²) in [6.07, 6.45) is 0. The molecule has 0 radical (unpaired) electrons. The van der Waals surface area contributed by atoms with E-state index in [1.807, 2.05) is 5.32 Å². The molecule has 0 aromatic carbocycles. The summed E-state index contributed by atoms with van der Waals surface area (Å²) in [6, 6.07) is -3.12. The number of carbonyl (C=O) groups is 3. The Balaban J connectivity index is -0.000000720. The van der Waals surface area contributed by atoms with Crippen LogP contribution in [0.4, 0.5) is 0 Å². The predicted octanol–water partition coefficient (Wildman–Crippen LogP) is -4.30. The molecule has 0 aliphatic rings. The molecule has 0 aliphatic carbocycles. The largest absolute Gasteiger partial charge is 1.00 e. The molecule has 0 rings (SSSR count). The number of nitrogens with one attached hydrogen (secondary N) is 1. The average molecular weight is 215 g/mol. The number of hydrogen-bond donors (Lipinski definition) is 4. The predicted molar refractivity (Wildman–Crippen MR) is 40.4 cm³/mol. The summed E-state index contributed by atoms with van der Waals surface area (Å²) in [5, 5.41) is 26.9. The van der Waals surface area contributed by atoms with Crippen molar-refractivity contribution in [2.24, 2.45) is 0 Å². The van der Waals surface area contributed by atoms with Crippen molar-refractivity contribution in [1.82, 2.24) is 5.32 Å². The molecule has 4 N–H and O–H groups in total. The van der Waals surface area contributed by atoms with Crippen LogP contribution in [0.5, 0.6) is 0 Å². The molecule has 1 unspecified atom stereocenters. The van der Waals surface area contributed by atoms with E-state index < -0.39 is 30.0 Å². The van der Waals surface area contributed by atoms with E-state index >= 15 is 0 Å². The number of hydrogen-bond acceptors (Lipinski definition) is 4. The van der Waals surface area contributed by atoms with E-state index in [4.69, 9.17) is 15.3 Å². The van der Waals surface area contributed by atoms with Gasteiger partial charge in [0.2, 0.25) is 6.04 Å². The molecule has 0 aliphatic heterocycles. The molecular formula is C6H10NNaO6. The Morgan fingerprint density at radius 3 is 1.64 bits per heavy atom. The van der Waals surface area contributed by atoms with Gasteiger partial charge in [-0.05, 0) is 6.92 Å². The van der Waals surface area contributed by atoms with Gasteiger partial charge in [-0.15, -0.1) is 0 Å². The van der Waals surface area contributed by atoms with E-state index in [2.05, 4.69) is 0 Å². The van der Waals surface area contributed by atoms with Gasteiger partial charge in [0.1, 0.15) is 6.04 Å². The number of carboxylic acid groups (broad SMARTS) is 3. The van der Waals surface area contributed by atoms with Crippen molar-refractivity contribution in [2.75, 3.05) is 0 Å². The summed E-state index contributed by atoms with van der Waals surface area (Å²) >= 11 is 0. The first-order valence-corrected chi connectivity index (χ1v) is 3.30. The molecule has 0 saturated heterocycles. The first-order valence-electron chi connectivity index (χ1n) is 3.30. The summed E-state index contributed by atoms with van der Waals surface area (Å²) in [5.41, 5.74) is 0. The monoisotopic (exact) mass is 215 g/mol. The second kappa shape index (κ2) is 6.77. The van der Waals surface area contributed by atoms with E-state index in [0.29, 0.717) is 0 Å². The number of rotatable bonds is 5. The molecule has 0 aromatic heterocycles. The Morgan fingerprint density at radius 2 is 1.43 bits per heavy atom. The van der Waals surface area contributed by atoms with Gasteiger partial charge in [0.15, 0.2) is 0 Å². The van der Waals surface area contributed by atoms with Crippen LogP contribution >= 0.6 is 0 Å². The van der Waals surface area contributed by atoms with Crippen LogP contribution in [0, 0.1) is 0 Å². The topological polar surface area (TPSA) is 124 Å². The molecule has 7 nitrogen and oxygen atoms in total. The van der Waals surface area contributed by atoms with Crippen molar-refractivity contribution in [1.29, 1.82) is 0 Å². The molecule has 8 heteroatoms. The minimum absolute atomic E-state index is 0. The Labute approximate surface area is 103 Å². The maximum Gasteiger partial charge on any atom is 1.00 e. The van der Waals surface area contributed by atoms with E-state index in [9.17, 15) is 14.4 Å². The number of carboxylic acids is 3. The zero-order valence-corrected chi connectivity index (χ0v) is 9.72. The molecule has 76 valence electrons. The van der Waals surface area contributed by atoms with E-state index in [1.54, 1.807) is 0 Å². The summed E-state index contributed by atoms with van der Waals surface area (Å²) < 4.78 is 0. The van der Waals surface area contributed by atoms with Crippen molar-refractivity contribution in [2.45, 2.75) is 19.0 Å². The summed E-state index contributed by atoms with van der Waals surface area (Å²) in [7, 11) is 0. The maximum atomic E-state index is 10.3. The first kappa shape index (κ1) is 15.8. The van der Waals surface area contributed by atoms with Crippen molar-refractivity contribution >= 4 is 17.9 Å².